The molecular weight excluding hydrogens is 649 g/mol. The molecule has 3 heteroatoms. The molecule has 0 fully saturated rings. The molecule has 0 saturated heterocycles. The third kappa shape index (κ3) is 5.91. The van der Waals surface area contributed by atoms with Crippen LogP contribution < -0.4 is 4.90 Å². The van der Waals surface area contributed by atoms with E-state index in [1.165, 1.54) is 64.4 Å². The summed E-state index contributed by atoms with van der Waals surface area (Å²) in [7, 11) is 0. The van der Waals surface area contributed by atoms with Crippen molar-refractivity contribution in [2.45, 2.75) is 6.92 Å². The molecule has 0 radical (unpaired) electrons. The third-order valence-electron chi connectivity index (χ3n) is 9.74. The van der Waals surface area contributed by atoms with Gasteiger partial charge in [0.1, 0.15) is 0 Å². The van der Waals surface area contributed by atoms with Crippen LogP contribution >= 0.6 is 11.3 Å². The summed E-state index contributed by atoms with van der Waals surface area (Å²) in [4.78, 5) is 2.35. The van der Waals surface area contributed by atoms with Gasteiger partial charge >= 0.3 is 0 Å². The minimum atomic E-state index is 1.13. The highest BCUT2D eigenvalue weighted by atomic mass is 32.1. The molecule has 8 aromatic carbocycles. The molecule has 10 aromatic rings. The Kier molecular flexibility index (Phi) is 8.32. The quantitative estimate of drug-likeness (QED) is 0.175. The molecule has 0 unspecified atom stereocenters. The van der Waals surface area contributed by atoms with Crippen molar-refractivity contribution in [2.24, 2.45) is 0 Å². The lowest BCUT2D eigenvalue weighted by Gasteiger charge is -2.26. The van der Waals surface area contributed by atoms with E-state index in [1.807, 2.05) is 11.3 Å². The molecule has 0 saturated carbocycles. The number of nitrogens with zero attached hydrogens (tertiary/aromatic N) is 2. The number of thiophene rings is 1. The van der Waals surface area contributed by atoms with Crippen LogP contribution in [0.4, 0.5) is 17.1 Å². The number of benzene rings is 8. The summed E-state index contributed by atoms with van der Waals surface area (Å²) in [6.07, 6.45) is 0. The predicted octanol–water partition coefficient (Wildman–Crippen LogP) is 14.3. The number of para-hydroxylation sites is 2. The smallest absolute Gasteiger partial charge is 0.0542 e. The SMILES string of the molecule is Cc1ccc(N(c2ccc(-c3ccccc3)cc2)c2ccc3c(c2)c2ccccc2n3-c2ccccc2)cc1.c1ccc2c(c1)sc1ccccc12. The zero-order valence-corrected chi connectivity index (χ0v) is 29.7. The van der Waals surface area contributed by atoms with Gasteiger partial charge in [0.2, 0.25) is 0 Å². The van der Waals surface area contributed by atoms with Crippen LogP contribution in [0, 0.1) is 6.92 Å². The molecule has 0 aliphatic heterocycles. The van der Waals surface area contributed by atoms with Gasteiger partial charge in [0, 0.05) is 53.7 Å². The summed E-state index contributed by atoms with van der Waals surface area (Å²) in [5.41, 5.74) is 10.7. The van der Waals surface area contributed by atoms with E-state index >= 15 is 0 Å². The van der Waals surface area contributed by atoms with Crippen LogP contribution in [-0.4, -0.2) is 4.57 Å². The Labute approximate surface area is 308 Å². The van der Waals surface area contributed by atoms with Gasteiger partial charge in [0.05, 0.1) is 11.0 Å². The molecule has 2 nitrogen and oxygen atoms in total. The lowest BCUT2D eigenvalue weighted by molar-refractivity contribution is 1.18. The Morgan fingerprint density at radius 2 is 0.865 bits per heavy atom. The Bertz CT molecular complexity index is 2730. The molecule has 248 valence electrons. The van der Waals surface area contributed by atoms with Crippen LogP contribution in [-0.2, 0) is 0 Å². The molecule has 10 rings (SSSR count). The van der Waals surface area contributed by atoms with Crippen molar-refractivity contribution in [3.8, 4) is 16.8 Å². The van der Waals surface area contributed by atoms with E-state index in [1.54, 1.807) is 0 Å². The first-order chi connectivity index (χ1) is 25.7. The van der Waals surface area contributed by atoms with Crippen molar-refractivity contribution in [1.82, 2.24) is 4.57 Å². The van der Waals surface area contributed by atoms with Crippen molar-refractivity contribution in [2.75, 3.05) is 4.90 Å². The normalized spacial score (nSPS) is 11.2. The van der Waals surface area contributed by atoms with Gasteiger partial charge < -0.3 is 9.47 Å². The van der Waals surface area contributed by atoms with Gasteiger partial charge in [0.15, 0.2) is 0 Å². The first-order valence-corrected chi connectivity index (χ1v) is 18.5. The lowest BCUT2D eigenvalue weighted by atomic mass is 10.0. The summed E-state index contributed by atoms with van der Waals surface area (Å²) < 4.78 is 5.12. The molecule has 0 bridgehead atoms. The molecule has 52 heavy (non-hydrogen) atoms. The van der Waals surface area contributed by atoms with Crippen molar-refractivity contribution in [3.05, 3.63) is 206 Å². The molecule has 0 amide bonds. The molecule has 0 N–H and O–H groups in total. The van der Waals surface area contributed by atoms with Crippen LogP contribution in [0.15, 0.2) is 200 Å². The predicted molar refractivity (Wildman–Crippen MR) is 225 cm³/mol. The first-order valence-electron chi connectivity index (χ1n) is 17.7. The maximum absolute atomic E-state index is 2.36. The second kappa shape index (κ2) is 13.7. The molecule has 0 aliphatic rings. The number of aromatic nitrogens is 1. The summed E-state index contributed by atoms with van der Waals surface area (Å²) in [6, 6.07) is 71.5. The monoisotopic (exact) mass is 684 g/mol. The second-order valence-corrected chi connectivity index (χ2v) is 14.2. The minimum Gasteiger partial charge on any atom is -0.310 e. The standard InChI is InChI=1S/C37H28N2.C12H8S/c1-27-16-20-31(21-17-27)38(32-22-18-29(19-23-32)28-10-4-2-5-11-28)33-24-25-37-35(26-33)34-14-8-9-15-36(34)39(37)30-12-6-3-7-13-30;1-3-7-11-9(5-1)10-6-2-4-8-12(10)13-11/h2-26H,1H3;1-8H. The Hall–Kier alpha value is -6.42. The van der Waals surface area contributed by atoms with E-state index in [0.29, 0.717) is 0 Å². The van der Waals surface area contributed by atoms with Crippen LogP contribution in [0.2, 0.25) is 0 Å². The summed E-state index contributed by atoms with van der Waals surface area (Å²) >= 11 is 1.86. The molecule has 0 atom stereocenters. The number of hydrogen-bond donors (Lipinski definition) is 0. The average Bonchev–Trinajstić information content (AvgIpc) is 3.76. The van der Waals surface area contributed by atoms with Crippen LogP contribution in [0.3, 0.4) is 0 Å². The highest BCUT2D eigenvalue weighted by molar-refractivity contribution is 7.25. The van der Waals surface area contributed by atoms with Gasteiger partial charge in [-0.15, -0.1) is 11.3 Å². The number of anilines is 3. The molecular formula is C49H36N2S. The highest BCUT2D eigenvalue weighted by Crippen LogP contribution is 2.40. The van der Waals surface area contributed by atoms with E-state index in [2.05, 4.69) is 217 Å². The number of fused-ring (bicyclic) bond motifs is 6. The number of rotatable bonds is 5. The maximum Gasteiger partial charge on any atom is 0.0542 e. The van der Waals surface area contributed by atoms with Crippen LogP contribution in [0.5, 0.6) is 0 Å². The summed E-state index contributed by atoms with van der Waals surface area (Å²) in [6.45, 7) is 2.13. The Morgan fingerprint density at radius 3 is 1.52 bits per heavy atom. The van der Waals surface area contributed by atoms with Gasteiger partial charge in [-0.3, -0.25) is 0 Å². The van der Waals surface area contributed by atoms with Gasteiger partial charge in [-0.1, -0.05) is 133 Å². The van der Waals surface area contributed by atoms with E-state index < -0.39 is 0 Å². The second-order valence-electron chi connectivity index (χ2n) is 13.1. The first kappa shape index (κ1) is 31.6. The minimum absolute atomic E-state index is 1.13. The van der Waals surface area contributed by atoms with Crippen molar-refractivity contribution in [3.63, 3.8) is 0 Å². The topological polar surface area (TPSA) is 8.17 Å². The van der Waals surface area contributed by atoms with Crippen LogP contribution in [0.25, 0.3) is 58.8 Å². The maximum atomic E-state index is 2.36. The van der Waals surface area contributed by atoms with E-state index in [0.717, 1.165) is 17.1 Å². The van der Waals surface area contributed by atoms with Gasteiger partial charge in [-0.05, 0) is 90.8 Å². The largest absolute Gasteiger partial charge is 0.310 e. The fourth-order valence-corrected chi connectivity index (χ4v) is 8.31. The molecule has 2 heterocycles. The van der Waals surface area contributed by atoms with Crippen molar-refractivity contribution >= 4 is 70.4 Å². The zero-order valence-electron chi connectivity index (χ0n) is 28.9. The molecule has 2 aromatic heterocycles. The van der Waals surface area contributed by atoms with E-state index in [4.69, 9.17) is 0 Å². The van der Waals surface area contributed by atoms with Gasteiger partial charge in [0.25, 0.3) is 0 Å². The van der Waals surface area contributed by atoms with Gasteiger partial charge in [-0.2, -0.15) is 0 Å². The zero-order chi connectivity index (χ0) is 34.9. The van der Waals surface area contributed by atoms with Crippen molar-refractivity contribution in [1.29, 1.82) is 0 Å². The van der Waals surface area contributed by atoms with E-state index in [-0.39, 0.29) is 0 Å². The third-order valence-corrected chi connectivity index (χ3v) is 10.9. The number of aryl methyl sites for hydroxylation is 1. The Morgan fingerprint density at radius 1 is 0.385 bits per heavy atom. The average molecular weight is 685 g/mol. The fourth-order valence-electron chi connectivity index (χ4n) is 7.20. The summed E-state index contributed by atoms with van der Waals surface area (Å²) in [5.74, 6) is 0. The lowest BCUT2D eigenvalue weighted by Crippen LogP contribution is -2.10. The van der Waals surface area contributed by atoms with Gasteiger partial charge in [-0.25, -0.2) is 0 Å². The van der Waals surface area contributed by atoms with Crippen LogP contribution in [0.1, 0.15) is 5.56 Å². The summed E-state index contributed by atoms with van der Waals surface area (Å²) in [5, 5.41) is 5.25. The van der Waals surface area contributed by atoms with E-state index in [9.17, 15) is 0 Å². The Balaban J connectivity index is 0.000000231. The fraction of sp³-hybridized carbons (Fsp3) is 0.0204. The molecule has 0 aliphatic carbocycles. The molecule has 0 spiro atoms. The van der Waals surface area contributed by atoms with Crippen molar-refractivity contribution < 1.29 is 0 Å². The number of hydrogen-bond acceptors (Lipinski definition) is 2. The highest BCUT2D eigenvalue weighted by Gasteiger charge is 2.17.